The lowest BCUT2D eigenvalue weighted by molar-refractivity contribution is -0.121. The van der Waals surface area contributed by atoms with Gasteiger partial charge >= 0.3 is 0 Å². The summed E-state index contributed by atoms with van der Waals surface area (Å²) in [5.41, 5.74) is 1.10. The van der Waals surface area contributed by atoms with E-state index in [1.165, 1.54) is 0 Å². The standard InChI is InChI=1S/C17H21N3O4/c1-11(2)17-19-16(24-20-17)6-5-15(21)18-8-7-12-3-4-13-14(9-12)23-10-22-13/h3-4,9,11H,5-8,10H2,1-2H3,(H,18,21). The Bertz CT molecular complexity index is 712. The number of rotatable bonds is 7. The lowest BCUT2D eigenvalue weighted by Crippen LogP contribution is -2.25. The summed E-state index contributed by atoms with van der Waals surface area (Å²) in [6, 6.07) is 5.81. The number of nitrogens with one attached hydrogen (secondary N) is 1. The number of carbonyl (C=O) groups is 1. The molecule has 2 heterocycles. The van der Waals surface area contributed by atoms with Crippen LogP contribution in [-0.4, -0.2) is 29.4 Å². The summed E-state index contributed by atoms with van der Waals surface area (Å²) in [6.07, 6.45) is 1.52. The van der Waals surface area contributed by atoms with Gasteiger partial charge in [0.1, 0.15) is 0 Å². The van der Waals surface area contributed by atoms with Gasteiger partial charge in [-0.05, 0) is 24.1 Å². The highest BCUT2D eigenvalue weighted by molar-refractivity contribution is 5.76. The van der Waals surface area contributed by atoms with Crippen LogP contribution in [0.25, 0.3) is 0 Å². The highest BCUT2D eigenvalue weighted by atomic mass is 16.7. The van der Waals surface area contributed by atoms with Crippen LogP contribution in [0.1, 0.15) is 43.5 Å². The van der Waals surface area contributed by atoms with E-state index in [1.807, 2.05) is 32.0 Å². The molecule has 1 aliphatic rings. The van der Waals surface area contributed by atoms with Gasteiger partial charge < -0.3 is 19.3 Å². The van der Waals surface area contributed by atoms with E-state index < -0.39 is 0 Å². The number of aryl methyl sites for hydroxylation is 1. The lowest BCUT2D eigenvalue weighted by atomic mass is 10.1. The Kier molecular flexibility index (Phi) is 4.98. The Balaban J connectivity index is 1.39. The van der Waals surface area contributed by atoms with E-state index in [1.54, 1.807) is 0 Å². The number of carbonyl (C=O) groups excluding carboxylic acids is 1. The fourth-order valence-corrected chi connectivity index (χ4v) is 2.36. The summed E-state index contributed by atoms with van der Waals surface area (Å²) in [6.45, 7) is 4.83. The summed E-state index contributed by atoms with van der Waals surface area (Å²) < 4.78 is 15.7. The Morgan fingerprint density at radius 2 is 2.08 bits per heavy atom. The summed E-state index contributed by atoms with van der Waals surface area (Å²) in [5, 5.41) is 6.78. The maximum atomic E-state index is 11.9. The number of amides is 1. The molecule has 1 N–H and O–H groups in total. The fraction of sp³-hybridized carbons (Fsp3) is 0.471. The molecule has 0 bridgehead atoms. The first-order valence-corrected chi connectivity index (χ1v) is 8.09. The van der Waals surface area contributed by atoms with Crippen molar-refractivity contribution in [2.45, 2.75) is 39.0 Å². The molecule has 2 aromatic rings. The monoisotopic (exact) mass is 331 g/mol. The van der Waals surface area contributed by atoms with E-state index in [0.29, 0.717) is 31.1 Å². The van der Waals surface area contributed by atoms with E-state index in [-0.39, 0.29) is 18.6 Å². The van der Waals surface area contributed by atoms with Crippen molar-refractivity contribution in [3.8, 4) is 11.5 Å². The highest BCUT2D eigenvalue weighted by Gasteiger charge is 2.14. The Labute approximate surface area is 140 Å². The molecule has 24 heavy (non-hydrogen) atoms. The predicted octanol–water partition coefficient (Wildman–Crippen LogP) is 2.21. The van der Waals surface area contributed by atoms with E-state index in [0.717, 1.165) is 23.5 Å². The van der Waals surface area contributed by atoms with E-state index >= 15 is 0 Å². The summed E-state index contributed by atoms with van der Waals surface area (Å²) in [4.78, 5) is 16.1. The van der Waals surface area contributed by atoms with Crippen molar-refractivity contribution in [1.29, 1.82) is 0 Å². The topological polar surface area (TPSA) is 86.5 Å². The molecule has 7 nitrogen and oxygen atoms in total. The van der Waals surface area contributed by atoms with Crippen LogP contribution >= 0.6 is 0 Å². The summed E-state index contributed by atoms with van der Waals surface area (Å²) >= 11 is 0. The van der Waals surface area contributed by atoms with E-state index in [4.69, 9.17) is 14.0 Å². The fourth-order valence-electron chi connectivity index (χ4n) is 2.36. The van der Waals surface area contributed by atoms with Gasteiger partial charge in [0, 0.05) is 25.3 Å². The van der Waals surface area contributed by atoms with Gasteiger partial charge in [-0.15, -0.1) is 0 Å². The summed E-state index contributed by atoms with van der Waals surface area (Å²) in [7, 11) is 0. The Hall–Kier alpha value is -2.57. The van der Waals surface area contributed by atoms with Crippen molar-refractivity contribution in [3.05, 3.63) is 35.5 Å². The van der Waals surface area contributed by atoms with Crippen molar-refractivity contribution in [2.24, 2.45) is 0 Å². The molecule has 0 spiro atoms. The molecular formula is C17H21N3O4. The van der Waals surface area contributed by atoms with Gasteiger partial charge in [0.2, 0.25) is 18.6 Å². The largest absolute Gasteiger partial charge is 0.454 e. The molecule has 0 atom stereocenters. The smallest absolute Gasteiger partial charge is 0.231 e. The van der Waals surface area contributed by atoms with Gasteiger partial charge in [0.25, 0.3) is 0 Å². The first-order chi connectivity index (χ1) is 11.6. The third kappa shape index (κ3) is 4.04. The predicted molar refractivity (Wildman–Crippen MR) is 86.0 cm³/mol. The molecular weight excluding hydrogens is 310 g/mol. The van der Waals surface area contributed by atoms with Gasteiger partial charge in [-0.3, -0.25) is 4.79 Å². The van der Waals surface area contributed by atoms with Crippen molar-refractivity contribution in [1.82, 2.24) is 15.5 Å². The van der Waals surface area contributed by atoms with Gasteiger partial charge in [-0.25, -0.2) is 0 Å². The lowest BCUT2D eigenvalue weighted by Gasteiger charge is -2.05. The van der Waals surface area contributed by atoms with Crippen molar-refractivity contribution < 1.29 is 18.8 Å². The minimum atomic E-state index is -0.0277. The summed E-state index contributed by atoms with van der Waals surface area (Å²) in [5.74, 6) is 2.90. The average Bonchev–Trinajstić information content (AvgIpc) is 3.21. The number of nitrogens with zero attached hydrogens (tertiary/aromatic N) is 2. The van der Waals surface area contributed by atoms with Gasteiger partial charge in [-0.1, -0.05) is 25.1 Å². The first-order valence-electron chi connectivity index (χ1n) is 8.09. The van der Waals surface area contributed by atoms with Crippen LogP contribution in [-0.2, 0) is 17.6 Å². The Morgan fingerprint density at radius 3 is 2.88 bits per heavy atom. The van der Waals surface area contributed by atoms with Crippen LogP contribution in [0.2, 0.25) is 0 Å². The molecule has 1 aliphatic heterocycles. The van der Waals surface area contributed by atoms with Crippen LogP contribution in [0.15, 0.2) is 22.7 Å². The van der Waals surface area contributed by atoms with Crippen molar-refractivity contribution in [2.75, 3.05) is 13.3 Å². The number of hydrogen-bond donors (Lipinski definition) is 1. The average molecular weight is 331 g/mol. The first kappa shape index (κ1) is 16.3. The molecule has 7 heteroatoms. The molecule has 0 aliphatic carbocycles. The SMILES string of the molecule is CC(C)c1noc(CCC(=O)NCCc2ccc3c(c2)OCO3)n1. The number of hydrogen-bond acceptors (Lipinski definition) is 6. The van der Waals surface area contributed by atoms with Crippen LogP contribution < -0.4 is 14.8 Å². The van der Waals surface area contributed by atoms with Crippen molar-refractivity contribution >= 4 is 5.91 Å². The third-order valence-electron chi connectivity index (χ3n) is 3.74. The number of ether oxygens (including phenoxy) is 2. The molecule has 1 aromatic carbocycles. The second-order valence-corrected chi connectivity index (χ2v) is 5.99. The maximum absolute atomic E-state index is 11.9. The van der Waals surface area contributed by atoms with Crippen LogP contribution in [0.4, 0.5) is 0 Å². The second kappa shape index (κ2) is 7.33. The second-order valence-electron chi connectivity index (χ2n) is 5.99. The molecule has 1 aromatic heterocycles. The Morgan fingerprint density at radius 1 is 1.25 bits per heavy atom. The number of benzene rings is 1. The quantitative estimate of drug-likeness (QED) is 0.837. The molecule has 0 unspecified atom stereocenters. The molecule has 1 amide bonds. The molecule has 3 rings (SSSR count). The van der Waals surface area contributed by atoms with Gasteiger partial charge in [0.15, 0.2) is 17.3 Å². The van der Waals surface area contributed by atoms with Gasteiger partial charge in [-0.2, -0.15) is 4.98 Å². The minimum Gasteiger partial charge on any atom is -0.454 e. The number of fused-ring (bicyclic) bond motifs is 1. The normalized spacial score (nSPS) is 12.6. The van der Waals surface area contributed by atoms with Gasteiger partial charge in [0.05, 0.1) is 0 Å². The zero-order valence-electron chi connectivity index (χ0n) is 13.9. The van der Waals surface area contributed by atoms with Crippen LogP contribution in [0.5, 0.6) is 11.5 Å². The molecule has 0 fully saturated rings. The van der Waals surface area contributed by atoms with Crippen molar-refractivity contribution in [3.63, 3.8) is 0 Å². The minimum absolute atomic E-state index is 0.0277. The highest BCUT2D eigenvalue weighted by Crippen LogP contribution is 2.32. The molecule has 0 radical (unpaired) electrons. The zero-order chi connectivity index (χ0) is 16.9. The molecule has 0 saturated carbocycles. The maximum Gasteiger partial charge on any atom is 0.231 e. The van der Waals surface area contributed by atoms with Crippen LogP contribution in [0, 0.1) is 0 Å². The molecule has 128 valence electrons. The third-order valence-corrected chi connectivity index (χ3v) is 3.74. The van der Waals surface area contributed by atoms with Crippen LogP contribution in [0.3, 0.4) is 0 Å². The van der Waals surface area contributed by atoms with E-state index in [9.17, 15) is 4.79 Å². The zero-order valence-corrected chi connectivity index (χ0v) is 13.9. The van der Waals surface area contributed by atoms with E-state index in [2.05, 4.69) is 15.5 Å². The molecule has 0 saturated heterocycles. The number of aromatic nitrogens is 2.